The van der Waals surface area contributed by atoms with E-state index in [0.717, 1.165) is 11.3 Å². The Hall–Kier alpha value is -1.56. The van der Waals surface area contributed by atoms with Crippen molar-refractivity contribution in [1.29, 1.82) is 0 Å². The fraction of sp³-hybridized carbons (Fsp3) is 0. The van der Waals surface area contributed by atoms with E-state index in [0.29, 0.717) is 10.7 Å². The molecule has 98 valence electrons. The number of aromatic carboxylic acids is 1. The van der Waals surface area contributed by atoms with E-state index in [2.05, 4.69) is 5.32 Å². The summed E-state index contributed by atoms with van der Waals surface area (Å²) in [7, 11) is 0. The molecule has 7 heteroatoms. The van der Waals surface area contributed by atoms with E-state index in [4.69, 9.17) is 28.3 Å². The van der Waals surface area contributed by atoms with Gasteiger partial charge in [-0.15, -0.1) is 11.3 Å². The maximum absolute atomic E-state index is 11.9. The predicted molar refractivity (Wildman–Crippen MR) is 75.7 cm³/mol. The summed E-state index contributed by atoms with van der Waals surface area (Å²) in [6, 6.07) is 7.69. The van der Waals surface area contributed by atoms with E-state index in [1.807, 2.05) is 0 Å². The number of carbonyl (C=O) groups is 2. The van der Waals surface area contributed by atoms with E-state index < -0.39 is 11.9 Å². The van der Waals surface area contributed by atoms with Gasteiger partial charge in [-0.25, -0.2) is 4.79 Å². The zero-order valence-electron chi connectivity index (χ0n) is 9.31. The number of carbonyl (C=O) groups excluding carboxylic acids is 1. The summed E-state index contributed by atoms with van der Waals surface area (Å²) in [5.74, 6) is -1.49. The maximum atomic E-state index is 11.9. The molecule has 0 spiro atoms. The molecule has 4 nitrogen and oxygen atoms in total. The van der Waals surface area contributed by atoms with E-state index in [-0.39, 0.29) is 14.8 Å². The zero-order chi connectivity index (χ0) is 14.0. The second kappa shape index (κ2) is 5.61. The molecule has 0 aliphatic rings. The van der Waals surface area contributed by atoms with Crippen LogP contribution in [0.2, 0.25) is 10.0 Å². The van der Waals surface area contributed by atoms with E-state index in [9.17, 15) is 9.59 Å². The molecule has 1 aromatic heterocycles. The molecule has 2 aromatic rings. The molecule has 0 fully saturated rings. The SMILES string of the molecule is O=C(O)c1ccc(C(=O)Nc2cccc(Cl)c2Cl)s1. The average Bonchev–Trinajstić information content (AvgIpc) is 2.84. The number of halogens is 2. The number of thiophene rings is 1. The van der Waals surface area contributed by atoms with Gasteiger partial charge in [0.05, 0.1) is 20.6 Å². The molecule has 0 saturated carbocycles. The summed E-state index contributed by atoms with van der Waals surface area (Å²) in [5, 5.41) is 11.9. The first-order valence-electron chi connectivity index (χ1n) is 5.07. The van der Waals surface area contributed by atoms with Crippen molar-refractivity contribution in [2.75, 3.05) is 5.32 Å². The van der Waals surface area contributed by atoms with Gasteiger partial charge >= 0.3 is 5.97 Å². The Bertz CT molecular complexity index is 654. The quantitative estimate of drug-likeness (QED) is 0.899. The molecular weight excluding hydrogens is 309 g/mol. The molecule has 0 radical (unpaired) electrons. The lowest BCUT2D eigenvalue weighted by molar-refractivity contribution is 0.0702. The Kier molecular flexibility index (Phi) is 4.09. The molecule has 2 rings (SSSR count). The lowest BCUT2D eigenvalue weighted by Crippen LogP contribution is -2.10. The molecule has 0 aliphatic heterocycles. The number of benzene rings is 1. The molecule has 0 aliphatic carbocycles. The van der Waals surface area contributed by atoms with Crippen LogP contribution in [0.1, 0.15) is 19.3 Å². The highest BCUT2D eigenvalue weighted by Gasteiger charge is 2.14. The van der Waals surface area contributed by atoms with Gasteiger partial charge in [-0.1, -0.05) is 29.3 Å². The van der Waals surface area contributed by atoms with Gasteiger partial charge in [0.25, 0.3) is 5.91 Å². The predicted octanol–water partition coefficient (Wildman–Crippen LogP) is 4.01. The van der Waals surface area contributed by atoms with Crippen LogP contribution < -0.4 is 5.32 Å². The maximum Gasteiger partial charge on any atom is 0.345 e. The Morgan fingerprint density at radius 3 is 2.42 bits per heavy atom. The van der Waals surface area contributed by atoms with Crippen LogP contribution in [0.3, 0.4) is 0 Å². The third-order valence-corrected chi connectivity index (χ3v) is 4.13. The zero-order valence-corrected chi connectivity index (χ0v) is 11.6. The summed E-state index contributed by atoms with van der Waals surface area (Å²) < 4.78 is 0. The van der Waals surface area contributed by atoms with Crippen LogP contribution in [0.25, 0.3) is 0 Å². The molecule has 1 heterocycles. The monoisotopic (exact) mass is 315 g/mol. The van der Waals surface area contributed by atoms with Gasteiger partial charge in [0.15, 0.2) is 0 Å². The second-order valence-corrected chi connectivity index (χ2v) is 5.39. The number of amides is 1. The third-order valence-electron chi connectivity index (χ3n) is 2.24. The number of hydrogen-bond donors (Lipinski definition) is 2. The summed E-state index contributed by atoms with van der Waals surface area (Å²) in [5.41, 5.74) is 0.379. The van der Waals surface area contributed by atoms with Gasteiger partial charge in [-0.2, -0.15) is 0 Å². The van der Waals surface area contributed by atoms with Gasteiger partial charge in [0, 0.05) is 0 Å². The summed E-state index contributed by atoms with van der Waals surface area (Å²) in [6.45, 7) is 0. The number of carboxylic acids is 1. The highest BCUT2D eigenvalue weighted by atomic mass is 35.5. The topological polar surface area (TPSA) is 66.4 Å². The highest BCUT2D eigenvalue weighted by molar-refractivity contribution is 7.16. The largest absolute Gasteiger partial charge is 0.477 e. The Balaban J connectivity index is 2.21. The minimum atomic E-state index is -1.06. The van der Waals surface area contributed by atoms with Crippen molar-refractivity contribution in [3.8, 4) is 0 Å². The summed E-state index contributed by atoms with van der Waals surface area (Å²) >= 11 is 12.7. The van der Waals surface area contributed by atoms with Gasteiger partial charge in [0.1, 0.15) is 4.88 Å². The fourth-order valence-electron chi connectivity index (χ4n) is 1.36. The number of nitrogens with one attached hydrogen (secondary N) is 1. The van der Waals surface area contributed by atoms with Crippen LogP contribution in [0.4, 0.5) is 5.69 Å². The van der Waals surface area contributed by atoms with Crippen LogP contribution in [0, 0.1) is 0 Å². The molecule has 0 bridgehead atoms. The summed E-state index contributed by atoms with van der Waals surface area (Å²) in [6.07, 6.45) is 0. The van der Waals surface area contributed by atoms with Crippen LogP contribution in [-0.4, -0.2) is 17.0 Å². The third kappa shape index (κ3) is 3.07. The van der Waals surface area contributed by atoms with E-state index in [1.165, 1.54) is 12.1 Å². The van der Waals surface area contributed by atoms with Crippen LogP contribution in [0.15, 0.2) is 30.3 Å². The molecule has 0 unspecified atom stereocenters. The molecule has 1 aromatic carbocycles. The standard InChI is InChI=1S/C12H7Cl2NO3S/c13-6-2-1-3-7(10(6)14)15-11(16)8-4-5-9(19-8)12(17)18/h1-5H,(H,15,16)(H,17,18). The molecule has 19 heavy (non-hydrogen) atoms. The van der Waals surface area contributed by atoms with Crippen molar-refractivity contribution in [3.05, 3.63) is 50.1 Å². The highest BCUT2D eigenvalue weighted by Crippen LogP contribution is 2.30. The van der Waals surface area contributed by atoms with Crippen molar-refractivity contribution in [2.45, 2.75) is 0 Å². The minimum absolute atomic E-state index is 0.0994. The first kappa shape index (κ1) is 13.9. The van der Waals surface area contributed by atoms with Crippen molar-refractivity contribution in [2.24, 2.45) is 0 Å². The first-order chi connectivity index (χ1) is 8.99. The van der Waals surface area contributed by atoms with Crippen LogP contribution in [0.5, 0.6) is 0 Å². The van der Waals surface area contributed by atoms with E-state index in [1.54, 1.807) is 18.2 Å². The molecule has 0 saturated heterocycles. The normalized spacial score (nSPS) is 10.2. The molecular formula is C12H7Cl2NO3S. The second-order valence-electron chi connectivity index (χ2n) is 3.52. The van der Waals surface area contributed by atoms with Crippen LogP contribution in [-0.2, 0) is 0 Å². The number of carboxylic acid groups (broad SMARTS) is 1. The average molecular weight is 316 g/mol. The Labute approximate surface area is 122 Å². The van der Waals surface area contributed by atoms with Gasteiger partial charge < -0.3 is 10.4 Å². The van der Waals surface area contributed by atoms with Crippen molar-refractivity contribution < 1.29 is 14.7 Å². The van der Waals surface area contributed by atoms with Crippen molar-refractivity contribution >= 4 is 52.1 Å². The minimum Gasteiger partial charge on any atom is -0.477 e. The molecule has 2 N–H and O–H groups in total. The van der Waals surface area contributed by atoms with Crippen molar-refractivity contribution in [3.63, 3.8) is 0 Å². The fourth-order valence-corrected chi connectivity index (χ4v) is 2.45. The van der Waals surface area contributed by atoms with Gasteiger partial charge in [0.2, 0.25) is 0 Å². The Morgan fingerprint density at radius 2 is 1.79 bits per heavy atom. The molecule has 0 atom stereocenters. The number of hydrogen-bond acceptors (Lipinski definition) is 3. The summed E-state index contributed by atoms with van der Waals surface area (Å²) in [4.78, 5) is 23.0. The van der Waals surface area contributed by atoms with Gasteiger partial charge in [-0.05, 0) is 24.3 Å². The molecule has 1 amide bonds. The number of rotatable bonds is 3. The lowest BCUT2D eigenvalue weighted by atomic mass is 10.3. The van der Waals surface area contributed by atoms with Crippen LogP contribution >= 0.6 is 34.5 Å². The van der Waals surface area contributed by atoms with Gasteiger partial charge in [-0.3, -0.25) is 4.79 Å². The smallest absolute Gasteiger partial charge is 0.345 e. The first-order valence-corrected chi connectivity index (χ1v) is 6.65. The number of anilines is 1. The Morgan fingerprint density at radius 1 is 1.11 bits per heavy atom. The lowest BCUT2D eigenvalue weighted by Gasteiger charge is -2.06. The van der Waals surface area contributed by atoms with Crippen molar-refractivity contribution in [1.82, 2.24) is 0 Å². The van der Waals surface area contributed by atoms with E-state index >= 15 is 0 Å².